The molecule has 1 heterocycles. The van der Waals surface area contributed by atoms with Crippen LogP contribution in [0.3, 0.4) is 0 Å². The fourth-order valence-electron chi connectivity index (χ4n) is 2.63. The number of carbonyl (C=O) groups excluding carboxylic acids is 2. The zero-order valence-corrected chi connectivity index (χ0v) is 15.0. The predicted octanol–water partition coefficient (Wildman–Crippen LogP) is 1.61. The van der Waals surface area contributed by atoms with Crippen molar-refractivity contribution in [2.75, 3.05) is 7.11 Å². The number of nitrogens with zero attached hydrogens (tertiary/aromatic N) is 3. The van der Waals surface area contributed by atoms with Crippen LogP contribution in [0.5, 0.6) is 5.75 Å². The molecule has 0 aliphatic heterocycles. The van der Waals surface area contributed by atoms with Crippen LogP contribution < -0.4 is 15.8 Å². The summed E-state index contributed by atoms with van der Waals surface area (Å²) in [7, 11) is 1.58. The highest BCUT2D eigenvalue weighted by molar-refractivity contribution is 5.94. The molecule has 8 heteroatoms. The lowest BCUT2D eigenvalue weighted by molar-refractivity contribution is 0.0944. The molecule has 3 aromatic rings. The average Bonchev–Trinajstić information content (AvgIpc) is 3.08. The number of hydrogen-bond acceptors (Lipinski definition) is 5. The zero-order valence-electron chi connectivity index (χ0n) is 15.0. The number of aromatic nitrogens is 3. The second kappa shape index (κ2) is 7.69. The largest absolute Gasteiger partial charge is 0.497 e. The number of hydrogen-bond donors (Lipinski definition) is 2. The van der Waals surface area contributed by atoms with E-state index in [0.717, 1.165) is 11.3 Å². The van der Waals surface area contributed by atoms with E-state index >= 15 is 0 Å². The maximum absolute atomic E-state index is 12.5. The molecule has 3 N–H and O–H groups in total. The number of methoxy groups -OCH3 is 1. The molecule has 2 amide bonds. The van der Waals surface area contributed by atoms with Gasteiger partial charge in [-0.2, -0.15) is 0 Å². The summed E-state index contributed by atoms with van der Waals surface area (Å²) in [5.41, 5.74) is 8.00. The Hall–Kier alpha value is -3.68. The Kier molecular flexibility index (Phi) is 5.16. The Morgan fingerprint density at radius 2 is 1.96 bits per heavy atom. The predicted molar refractivity (Wildman–Crippen MR) is 98.8 cm³/mol. The molecule has 0 radical (unpaired) electrons. The molecule has 0 spiro atoms. The number of carbonyl (C=O) groups is 2. The summed E-state index contributed by atoms with van der Waals surface area (Å²) in [6.45, 7) is 2.01. The fourth-order valence-corrected chi connectivity index (χ4v) is 2.63. The topological polar surface area (TPSA) is 112 Å². The van der Waals surface area contributed by atoms with Crippen LogP contribution in [0.4, 0.5) is 0 Å². The molecule has 0 saturated heterocycles. The van der Waals surface area contributed by atoms with E-state index in [1.165, 1.54) is 0 Å². The molecule has 138 valence electrons. The second-order valence-electron chi connectivity index (χ2n) is 5.88. The van der Waals surface area contributed by atoms with Crippen molar-refractivity contribution in [1.82, 2.24) is 20.3 Å². The van der Waals surface area contributed by atoms with Crippen molar-refractivity contribution < 1.29 is 14.3 Å². The van der Waals surface area contributed by atoms with Gasteiger partial charge in [0.15, 0.2) is 5.69 Å². The second-order valence-corrected chi connectivity index (χ2v) is 5.88. The van der Waals surface area contributed by atoms with E-state index in [1.807, 2.05) is 18.2 Å². The van der Waals surface area contributed by atoms with Crippen LogP contribution in [0.15, 0.2) is 48.5 Å². The van der Waals surface area contributed by atoms with Crippen molar-refractivity contribution in [2.24, 2.45) is 5.73 Å². The average molecular weight is 365 g/mol. The lowest BCUT2D eigenvalue weighted by Crippen LogP contribution is -2.24. The normalized spacial score (nSPS) is 10.4. The highest BCUT2D eigenvalue weighted by Gasteiger charge is 2.17. The maximum atomic E-state index is 12.5. The maximum Gasteiger partial charge on any atom is 0.274 e. The smallest absolute Gasteiger partial charge is 0.274 e. The third-order valence-corrected chi connectivity index (χ3v) is 4.07. The van der Waals surface area contributed by atoms with Crippen LogP contribution in [0, 0.1) is 6.92 Å². The number of nitrogens with two attached hydrogens (primary N) is 1. The SMILES string of the molecule is COc1cccc(-n2nnc(C(=O)NCc3cccc(C(N)=O)c3)c2C)c1. The van der Waals surface area contributed by atoms with Gasteiger partial charge in [-0.3, -0.25) is 9.59 Å². The lowest BCUT2D eigenvalue weighted by atomic mass is 10.1. The summed E-state index contributed by atoms with van der Waals surface area (Å²) >= 11 is 0. The number of benzene rings is 2. The van der Waals surface area contributed by atoms with Crippen molar-refractivity contribution >= 4 is 11.8 Å². The van der Waals surface area contributed by atoms with Gasteiger partial charge in [-0.05, 0) is 36.8 Å². The lowest BCUT2D eigenvalue weighted by Gasteiger charge is -2.07. The molecule has 0 atom stereocenters. The Morgan fingerprint density at radius 3 is 2.70 bits per heavy atom. The van der Waals surface area contributed by atoms with Crippen LogP contribution in [-0.4, -0.2) is 33.9 Å². The number of nitrogens with one attached hydrogen (secondary N) is 1. The van der Waals surface area contributed by atoms with E-state index in [-0.39, 0.29) is 18.1 Å². The molecule has 0 bridgehead atoms. The molecule has 3 rings (SSSR count). The first-order valence-electron chi connectivity index (χ1n) is 8.23. The van der Waals surface area contributed by atoms with E-state index < -0.39 is 5.91 Å². The van der Waals surface area contributed by atoms with Crippen LogP contribution in [-0.2, 0) is 6.54 Å². The van der Waals surface area contributed by atoms with Gasteiger partial charge in [0.05, 0.1) is 18.5 Å². The Bertz CT molecular complexity index is 997. The standard InChI is InChI=1S/C19H19N5O3/c1-12-17(22-23-24(12)15-7-4-8-16(10-15)27-2)19(26)21-11-13-5-3-6-14(9-13)18(20)25/h3-10H,11H2,1-2H3,(H2,20,25)(H,21,26). The molecule has 2 aromatic carbocycles. The third-order valence-electron chi connectivity index (χ3n) is 4.07. The highest BCUT2D eigenvalue weighted by atomic mass is 16.5. The molecule has 8 nitrogen and oxygen atoms in total. The van der Waals surface area contributed by atoms with Gasteiger partial charge in [-0.15, -0.1) is 5.10 Å². The van der Waals surface area contributed by atoms with E-state index in [4.69, 9.17) is 10.5 Å². The number of primary amides is 1. The number of rotatable bonds is 6. The van der Waals surface area contributed by atoms with E-state index in [2.05, 4.69) is 15.6 Å². The zero-order chi connectivity index (χ0) is 19.4. The first-order chi connectivity index (χ1) is 13.0. The number of amides is 2. The Balaban J connectivity index is 1.75. The first kappa shape index (κ1) is 18.1. The first-order valence-corrected chi connectivity index (χ1v) is 8.23. The van der Waals surface area contributed by atoms with Gasteiger partial charge >= 0.3 is 0 Å². The van der Waals surface area contributed by atoms with Gasteiger partial charge in [-0.1, -0.05) is 23.4 Å². The van der Waals surface area contributed by atoms with Gasteiger partial charge in [0.1, 0.15) is 5.75 Å². The number of ether oxygens (including phenoxy) is 1. The van der Waals surface area contributed by atoms with Crippen LogP contribution in [0.2, 0.25) is 0 Å². The van der Waals surface area contributed by atoms with Crippen molar-refractivity contribution in [3.8, 4) is 11.4 Å². The Morgan fingerprint density at radius 1 is 1.19 bits per heavy atom. The summed E-state index contributed by atoms with van der Waals surface area (Å²) in [4.78, 5) is 23.7. The van der Waals surface area contributed by atoms with Crippen LogP contribution in [0.1, 0.15) is 32.1 Å². The summed E-state index contributed by atoms with van der Waals surface area (Å²) < 4.78 is 6.79. The summed E-state index contributed by atoms with van der Waals surface area (Å²) in [6.07, 6.45) is 0. The summed E-state index contributed by atoms with van der Waals surface area (Å²) in [5.74, 6) is -0.186. The van der Waals surface area contributed by atoms with Crippen molar-refractivity contribution in [3.05, 3.63) is 71.0 Å². The van der Waals surface area contributed by atoms with Crippen molar-refractivity contribution in [1.29, 1.82) is 0 Å². The highest BCUT2D eigenvalue weighted by Crippen LogP contribution is 2.18. The molecule has 0 saturated carbocycles. The van der Waals surface area contributed by atoms with Gasteiger partial charge < -0.3 is 15.8 Å². The molecular formula is C19H19N5O3. The quantitative estimate of drug-likeness (QED) is 0.689. The minimum Gasteiger partial charge on any atom is -0.497 e. The van der Waals surface area contributed by atoms with Gasteiger partial charge in [-0.25, -0.2) is 4.68 Å². The van der Waals surface area contributed by atoms with Gasteiger partial charge in [0.25, 0.3) is 5.91 Å². The van der Waals surface area contributed by atoms with Crippen LogP contribution >= 0.6 is 0 Å². The molecule has 0 aliphatic carbocycles. The summed E-state index contributed by atoms with van der Waals surface area (Å²) in [6, 6.07) is 14.1. The van der Waals surface area contributed by atoms with Crippen molar-refractivity contribution in [2.45, 2.75) is 13.5 Å². The van der Waals surface area contributed by atoms with Crippen molar-refractivity contribution in [3.63, 3.8) is 0 Å². The molecule has 0 unspecified atom stereocenters. The fraction of sp³-hybridized carbons (Fsp3) is 0.158. The molecule has 0 fully saturated rings. The Labute approximate surface area is 155 Å². The molecule has 1 aromatic heterocycles. The third kappa shape index (κ3) is 3.95. The van der Waals surface area contributed by atoms with Gasteiger partial charge in [0.2, 0.25) is 5.91 Å². The van der Waals surface area contributed by atoms with E-state index in [0.29, 0.717) is 17.0 Å². The minimum atomic E-state index is -0.514. The monoisotopic (exact) mass is 365 g/mol. The van der Waals surface area contributed by atoms with E-state index in [1.54, 1.807) is 49.0 Å². The molecule has 27 heavy (non-hydrogen) atoms. The van der Waals surface area contributed by atoms with Gasteiger partial charge in [0, 0.05) is 18.2 Å². The summed E-state index contributed by atoms with van der Waals surface area (Å²) in [5, 5.41) is 10.8. The molecular weight excluding hydrogens is 346 g/mol. The minimum absolute atomic E-state index is 0.226. The van der Waals surface area contributed by atoms with Crippen LogP contribution in [0.25, 0.3) is 5.69 Å². The molecule has 0 aliphatic rings. The van der Waals surface area contributed by atoms with E-state index in [9.17, 15) is 9.59 Å².